The second-order valence-corrected chi connectivity index (χ2v) is 9.01. The monoisotopic (exact) mass is 423 g/mol. The van der Waals surface area contributed by atoms with Crippen LogP contribution in [0.25, 0.3) is 10.9 Å². The van der Waals surface area contributed by atoms with Crippen LogP contribution in [-0.4, -0.2) is 15.9 Å². The molecule has 0 atom stereocenters. The molecule has 0 radical (unpaired) electrons. The number of aromatic nitrogens is 2. The van der Waals surface area contributed by atoms with Crippen LogP contribution in [0.3, 0.4) is 0 Å². The molecule has 3 aromatic rings. The smallest absolute Gasteiger partial charge is 0.267 e. The molecule has 0 amide bonds. The van der Waals surface area contributed by atoms with E-state index in [2.05, 4.69) is 26.0 Å². The number of benzene rings is 1. The van der Waals surface area contributed by atoms with Gasteiger partial charge >= 0.3 is 0 Å². The summed E-state index contributed by atoms with van der Waals surface area (Å²) in [6.07, 6.45) is 1.64. The van der Waals surface area contributed by atoms with Crippen molar-refractivity contribution in [1.82, 2.24) is 9.66 Å². The van der Waals surface area contributed by atoms with Crippen molar-refractivity contribution in [3.05, 3.63) is 60.2 Å². The zero-order chi connectivity index (χ0) is 17.5. The lowest BCUT2D eigenvalue weighted by molar-refractivity contribution is 0.506. The fraction of sp³-hybridized carbons (Fsp3) is 0.235. The largest absolute Gasteiger partial charge is 0.282 e. The Kier molecular flexibility index (Phi) is 4.64. The molecule has 1 aromatic carbocycles. The summed E-state index contributed by atoms with van der Waals surface area (Å²) in [5, 5.41) is 4.92. The van der Waals surface area contributed by atoms with Crippen molar-refractivity contribution in [1.29, 1.82) is 0 Å². The van der Waals surface area contributed by atoms with Gasteiger partial charge in [-0.05, 0) is 30.3 Å². The third-order valence-electron chi connectivity index (χ3n) is 3.37. The maximum atomic E-state index is 12.9. The Labute approximate surface area is 156 Å². The molecule has 7 heteroatoms. The molecule has 24 heavy (non-hydrogen) atoms. The molecule has 2 aromatic heterocycles. The van der Waals surface area contributed by atoms with E-state index in [-0.39, 0.29) is 11.0 Å². The minimum Gasteiger partial charge on any atom is -0.267 e. The van der Waals surface area contributed by atoms with Gasteiger partial charge in [-0.25, -0.2) is 4.98 Å². The Morgan fingerprint density at radius 2 is 2.04 bits per heavy atom. The van der Waals surface area contributed by atoms with Gasteiger partial charge in [0.15, 0.2) is 0 Å². The Balaban J connectivity index is 2.25. The number of hydrogen-bond acceptors (Lipinski definition) is 4. The summed E-state index contributed by atoms with van der Waals surface area (Å²) in [6.45, 7) is 6.02. The van der Waals surface area contributed by atoms with Gasteiger partial charge in [-0.2, -0.15) is 9.78 Å². The molecule has 124 valence electrons. The topological polar surface area (TPSA) is 47.2 Å². The van der Waals surface area contributed by atoms with Crippen LogP contribution in [0.1, 0.15) is 31.5 Å². The second kappa shape index (κ2) is 6.43. The molecule has 0 fully saturated rings. The van der Waals surface area contributed by atoms with E-state index in [1.807, 2.05) is 39.0 Å². The summed E-state index contributed by atoms with van der Waals surface area (Å²) in [5.41, 5.74) is 0.147. The molecular formula is C17H15BrClN3OS. The van der Waals surface area contributed by atoms with Gasteiger partial charge < -0.3 is 0 Å². The normalized spacial score (nSPS) is 12.4. The lowest BCUT2D eigenvalue weighted by Gasteiger charge is -2.20. The molecule has 0 spiro atoms. The van der Waals surface area contributed by atoms with E-state index >= 15 is 0 Å². The number of hydrogen-bond donors (Lipinski definition) is 0. The predicted molar refractivity (Wildman–Crippen MR) is 105 cm³/mol. The van der Waals surface area contributed by atoms with Crippen molar-refractivity contribution in [2.75, 3.05) is 0 Å². The highest BCUT2D eigenvalue weighted by molar-refractivity contribution is 9.10. The van der Waals surface area contributed by atoms with Crippen LogP contribution in [-0.2, 0) is 5.41 Å². The number of fused-ring (bicyclic) bond motifs is 1. The first-order valence-corrected chi connectivity index (χ1v) is 9.27. The van der Waals surface area contributed by atoms with Crippen molar-refractivity contribution in [3.63, 3.8) is 0 Å². The average molecular weight is 425 g/mol. The summed E-state index contributed by atoms with van der Waals surface area (Å²) in [6, 6.07) is 9.15. The average Bonchev–Trinajstić information content (AvgIpc) is 2.91. The number of thiophene rings is 1. The van der Waals surface area contributed by atoms with Crippen LogP contribution in [0.2, 0.25) is 4.34 Å². The van der Waals surface area contributed by atoms with E-state index in [1.54, 1.807) is 18.3 Å². The van der Waals surface area contributed by atoms with Gasteiger partial charge in [0.05, 0.1) is 21.5 Å². The molecule has 0 saturated heterocycles. The van der Waals surface area contributed by atoms with Gasteiger partial charge in [0, 0.05) is 14.8 Å². The SMILES string of the molecule is CC(C)(C)c1nc2ccc(Br)cc2c(=O)n1N=Cc1ccc(Cl)s1. The van der Waals surface area contributed by atoms with Gasteiger partial charge in [0.2, 0.25) is 0 Å². The maximum absolute atomic E-state index is 12.9. The van der Waals surface area contributed by atoms with Gasteiger partial charge in [0.1, 0.15) is 5.82 Å². The Bertz CT molecular complexity index is 1000. The van der Waals surface area contributed by atoms with E-state index in [1.165, 1.54) is 16.0 Å². The maximum Gasteiger partial charge on any atom is 0.282 e. The zero-order valence-corrected chi connectivity index (χ0v) is 16.5. The van der Waals surface area contributed by atoms with Crippen LogP contribution in [0.15, 0.2) is 44.7 Å². The van der Waals surface area contributed by atoms with Crippen LogP contribution >= 0.6 is 38.9 Å². The molecule has 0 aliphatic heterocycles. The van der Waals surface area contributed by atoms with E-state index < -0.39 is 0 Å². The fourth-order valence-electron chi connectivity index (χ4n) is 2.25. The lowest BCUT2D eigenvalue weighted by Crippen LogP contribution is -2.29. The molecule has 0 saturated carbocycles. The molecule has 0 N–H and O–H groups in total. The minimum atomic E-state index is -0.329. The second-order valence-electron chi connectivity index (χ2n) is 6.35. The molecule has 4 nitrogen and oxygen atoms in total. The number of nitrogens with zero attached hydrogens (tertiary/aromatic N) is 3. The quantitative estimate of drug-likeness (QED) is 0.540. The lowest BCUT2D eigenvalue weighted by atomic mass is 9.95. The van der Waals surface area contributed by atoms with Crippen molar-refractivity contribution < 1.29 is 0 Å². The van der Waals surface area contributed by atoms with E-state index in [0.717, 1.165) is 9.35 Å². The number of rotatable bonds is 2. The standard InChI is InChI=1S/C17H15BrClN3OS/c1-17(2,3)16-21-13-6-4-10(18)8-12(13)15(23)22(16)20-9-11-5-7-14(19)24-11/h4-9H,1-3H3. The summed E-state index contributed by atoms with van der Waals surface area (Å²) < 4.78 is 2.89. The third-order valence-corrected chi connectivity index (χ3v) is 5.03. The van der Waals surface area contributed by atoms with Gasteiger partial charge in [-0.1, -0.05) is 48.3 Å². The van der Waals surface area contributed by atoms with Crippen molar-refractivity contribution in [3.8, 4) is 0 Å². The summed E-state index contributed by atoms with van der Waals surface area (Å²) in [5.74, 6) is 0.612. The first-order valence-electron chi connectivity index (χ1n) is 7.28. The minimum absolute atomic E-state index is 0.190. The van der Waals surface area contributed by atoms with Gasteiger partial charge in [0.25, 0.3) is 5.56 Å². The predicted octanol–water partition coefficient (Wildman–Crippen LogP) is 5.05. The fourth-order valence-corrected chi connectivity index (χ4v) is 3.54. The summed E-state index contributed by atoms with van der Waals surface area (Å²) in [4.78, 5) is 18.5. The van der Waals surface area contributed by atoms with Crippen molar-refractivity contribution >= 4 is 56.0 Å². The Morgan fingerprint density at radius 3 is 2.67 bits per heavy atom. The third kappa shape index (κ3) is 3.45. The van der Waals surface area contributed by atoms with E-state index in [9.17, 15) is 4.79 Å². The van der Waals surface area contributed by atoms with Crippen LogP contribution in [0.4, 0.5) is 0 Å². The van der Waals surface area contributed by atoms with Gasteiger partial charge in [-0.3, -0.25) is 4.79 Å². The molecular weight excluding hydrogens is 410 g/mol. The summed E-state index contributed by atoms with van der Waals surface area (Å²) in [7, 11) is 0. The molecule has 0 aliphatic carbocycles. The van der Waals surface area contributed by atoms with Crippen molar-refractivity contribution in [2.24, 2.45) is 5.10 Å². The van der Waals surface area contributed by atoms with Gasteiger partial charge in [-0.15, -0.1) is 11.3 Å². The van der Waals surface area contributed by atoms with E-state index in [4.69, 9.17) is 11.6 Å². The first kappa shape index (κ1) is 17.3. The molecule has 0 aliphatic rings. The van der Waals surface area contributed by atoms with Crippen LogP contribution in [0.5, 0.6) is 0 Å². The Morgan fingerprint density at radius 1 is 1.29 bits per heavy atom. The van der Waals surface area contributed by atoms with Crippen LogP contribution < -0.4 is 5.56 Å². The first-order chi connectivity index (χ1) is 11.3. The highest BCUT2D eigenvalue weighted by Crippen LogP contribution is 2.23. The summed E-state index contributed by atoms with van der Waals surface area (Å²) >= 11 is 10.7. The Hall–Kier alpha value is -1.50. The molecule has 3 rings (SSSR count). The zero-order valence-electron chi connectivity index (χ0n) is 13.4. The molecule has 2 heterocycles. The number of halogens is 2. The van der Waals surface area contributed by atoms with Crippen molar-refractivity contribution in [2.45, 2.75) is 26.2 Å². The highest BCUT2D eigenvalue weighted by Gasteiger charge is 2.22. The van der Waals surface area contributed by atoms with Crippen LogP contribution in [0, 0.1) is 0 Å². The molecule has 0 unspecified atom stereocenters. The molecule has 0 bridgehead atoms. The highest BCUT2D eigenvalue weighted by atomic mass is 79.9. The van der Waals surface area contributed by atoms with E-state index in [0.29, 0.717) is 21.1 Å².